The van der Waals surface area contributed by atoms with Crippen LogP contribution in [-0.2, 0) is 7.05 Å². The molecule has 2 heterocycles. The summed E-state index contributed by atoms with van der Waals surface area (Å²) < 4.78 is 7.00. The van der Waals surface area contributed by atoms with Gasteiger partial charge in [-0.25, -0.2) is 4.98 Å². The monoisotopic (exact) mass is 215 g/mol. The highest BCUT2D eigenvalue weighted by Gasteiger charge is 2.05. The van der Waals surface area contributed by atoms with Gasteiger partial charge in [0.25, 0.3) is 0 Å². The first-order valence-corrected chi connectivity index (χ1v) is 4.52. The van der Waals surface area contributed by atoms with E-state index in [-0.39, 0.29) is 5.69 Å². The van der Waals surface area contributed by atoms with Crippen LogP contribution >= 0.6 is 0 Å². The SMILES string of the molecule is Cn1cc(Oc2ccc(N)c(C#N)n2)cn1. The molecule has 0 saturated heterocycles. The van der Waals surface area contributed by atoms with Crippen molar-refractivity contribution in [2.75, 3.05) is 5.73 Å². The maximum absolute atomic E-state index is 8.75. The van der Waals surface area contributed by atoms with Gasteiger partial charge in [0, 0.05) is 13.1 Å². The van der Waals surface area contributed by atoms with E-state index < -0.39 is 0 Å². The van der Waals surface area contributed by atoms with Crippen LogP contribution in [0.5, 0.6) is 11.6 Å². The van der Waals surface area contributed by atoms with E-state index >= 15 is 0 Å². The minimum absolute atomic E-state index is 0.154. The lowest BCUT2D eigenvalue weighted by molar-refractivity contribution is 0.462. The fourth-order valence-electron chi connectivity index (χ4n) is 1.17. The number of nitrogen functional groups attached to an aromatic ring is 1. The molecule has 2 rings (SSSR count). The number of hydrogen-bond donors (Lipinski definition) is 1. The maximum atomic E-state index is 8.75. The van der Waals surface area contributed by atoms with Crippen LogP contribution in [0, 0.1) is 11.3 Å². The second-order valence-electron chi connectivity index (χ2n) is 3.15. The summed E-state index contributed by atoms with van der Waals surface area (Å²) in [5.74, 6) is 0.877. The largest absolute Gasteiger partial charge is 0.436 e. The smallest absolute Gasteiger partial charge is 0.220 e. The molecule has 16 heavy (non-hydrogen) atoms. The van der Waals surface area contributed by atoms with Crippen LogP contribution in [-0.4, -0.2) is 14.8 Å². The van der Waals surface area contributed by atoms with Crippen molar-refractivity contribution in [1.82, 2.24) is 14.8 Å². The predicted octanol–water partition coefficient (Wildman–Crippen LogP) is 1.06. The number of nitriles is 1. The van der Waals surface area contributed by atoms with E-state index in [0.717, 1.165) is 0 Å². The Kier molecular flexibility index (Phi) is 2.44. The minimum atomic E-state index is 0.154. The maximum Gasteiger partial charge on any atom is 0.220 e. The van der Waals surface area contributed by atoms with Gasteiger partial charge in [0.05, 0.1) is 18.1 Å². The average Bonchev–Trinajstić information content (AvgIpc) is 2.67. The zero-order valence-electron chi connectivity index (χ0n) is 8.58. The second kappa shape index (κ2) is 3.90. The number of hydrogen-bond acceptors (Lipinski definition) is 5. The van der Waals surface area contributed by atoms with Gasteiger partial charge in [-0.1, -0.05) is 0 Å². The summed E-state index contributed by atoms with van der Waals surface area (Å²) in [6.45, 7) is 0. The van der Waals surface area contributed by atoms with Crippen LogP contribution in [0.25, 0.3) is 0 Å². The second-order valence-corrected chi connectivity index (χ2v) is 3.15. The zero-order chi connectivity index (χ0) is 11.5. The van der Waals surface area contributed by atoms with Crippen LogP contribution in [0.4, 0.5) is 5.69 Å². The molecular formula is C10H9N5O. The number of aromatic nitrogens is 3. The molecule has 0 radical (unpaired) electrons. The van der Waals surface area contributed by atoms with E-state index in [0.29, 0.717) is 17.3 Å². The van der Waals surface area contributed by atoms with Gasteiger partial charge in [-0.15, -0.1) is 0 Å². The lowest BCUT2D eigenvalue weighted by Crippen LogP contribution is -1.95. The third kappa shape index (κ3) is 1.93. The van der Waals surface area contributed by atoms with E-state index in [1.807, 2.05) is 6.07 Å². The molecule has 80 valence electrons. The predicted molar refractivity (Wildman–Crippen MR) is 56.6 cm³/mol. The quantitative estimate of drug-likeness (QED) is 0.808. The number of anilines is 1. The summed E-state index contributed by atoms with van der Waals surface area (Å²) in [7, 11) is 1.78. The highest BCUT2D eigenvalue weighted by Crippen LogP contribution is 2.20. The molecule has 0 amide bonds. The van der Waals surface area contributed by atoms with Crippen molar-refractivity contribution in [3.05, 3.63) is 30.2 Å². The van der Waals surface area contributed by atoms with E-state index in [1.54, 1.807) is 36.3 Å². The number of ether oxygens (including phenoxy) is 1. The van der Waals surface area contributed by atoms with Crippen molar-refractivity contribution in [1.29, 1.82) is 5.26 Å². The molecule has 0 saturated carbocycles. The molecule has 2 aromatic rings. The van der Waals surface area contributed by atoms with Gasteiger partial charge >= 0.3 is 0 Å². The highest BCUT2D eigenvalue weighted by atomic mass is 16.5. The Morgan fingerprint density at radius 3 is 2.94 bits per heavy atom. The zero-order valence-corrected chi connectivity index (χ0v) is 8.58. The van der Waals surface area contributed by atoms with Crippen LogP contribution in [0.2, 0.25) is 0 Å². The Labute approximate surface area is 91.9 Å². The summed E-state index contributed by atoms with van der Waals surface area (Å²) in [4.78, 5) is 3.95. The van der Waals surface area contributed by atoms with E-state index in [2.05, 4.69) is 10.1 Å². The lowest BCUT2D eigenvalue weighted by atomic mass is 10.3. The molecule has 6 nitrogen and oxygen atoms in total. The molecule has 0 atom stereocenters. The number of pyridine rings is 1. The molecule has 0 fully saturated rings. The first-order valence-electron chi connectivity index (χ1n) is 4.52. The first kappa shape index (κ1) is 9.98. The topological polar surface area (TPSA) is 89.8 Å². The number of aryl methyl sites for hydroxylation is 1. The van der Waals surface area contributed by atoms with Gasteiger partial charge in [-0.3, -0.25) is 4.68 Å². The Morgan fingerprint density at radius 1 is 1.50 bits per heavy atom. The Hall–Kier alpha value is -2.55. The highest BCUT2D eigenvalue weighted by molar-refractivity contribution is 5.51. The molecule has 2 N–H and O–H groups in total. The van der Waals surface area contributed by atoms with Crippen LogP contribution in [0.1, 0.15) is 5.69 Å². The van der Waals surface area contributed by atoms with Gasteiger partial charge in [0.15, 0.2) is 11.4 Å². The fourth-order valence-corrected chi connectivity index (χ4v) is 1.17. The number of nitrogens with zero attached hydrogens (tertiary/aromatic N) is 4. The Morgan fingerprint density at radius 2 is 2.31 bits per heavy atom. The van der Waals surface area contributed by atoms with Gasteiger partial charge in [-0.2, -0.15) is 10.4 Å². The third-order valence-corrected chi connectivity index (χ3v) is 1.91. The van der Waals surface area contributed by atoms with Gasteiger partial charge < -0.3 is 10.5 Å². The molecule has 0 unspecified atom stereocenters. The van der Waals surface area contributed by atoms with E-state index in [1.165, 1.54) is 0 Å². The number of nitrogens with two attached hydrogens (primary N) is 1. The normalized spacial score (nSPS) is 9.75. The number of rotatable bonds is 2. The van der Waals surface area contributed by atoms with Gasteiger partial charge in [0.2, 0.25) is 5.88 Å². The Balaban J connectivity index is 2.26. The summed E-state index contributed by atoms with van der Waals surface area (Å²) >= 11 is 0. The molecule has 0 aliphatic rings. The summed E-state index contributed by atoms with van der Waals surface area (Å²) in [5, 5.41) is 12.7. The molecule has 0 bridgehead atoms. The standard InChI is InChI=1S/C10H9N5O/c1-15-6-7(5-13-15)16-10-3-2-8(12)9(4-11)14-10/h2-3,5-6H,12H2,1H3. The van der Waals surface area contributed by atoms with Crippen molar-refractivity contribution < 1.29 is 4.74 Å². The average molecular weight is 215 g/mol. The van der Waals surface area contributed by atoms with E-state index in [9.17, 15) is 0 Å². The van der Waals surface area contributed by atoms with Crippen LogP contribution in [0.15, 0.2) is 24.5 Å². The van der Waals surface area contributed by atoms with Crippen LogP contribution in [0.3, 0.4) is 0 Å². The summed E-state index contributed by atoms with van der Waals surface area (Å²) in [6.07, 6.45) is 3.26. The van der Waals surface area contributed by atoms with Crippen molar-refractivity contribution in [3.8, 4) is 17.7 Å². The first-order chi connectivity index (χ1) is 7.69. The fraction of sp³-hybridized carbons (Fsp3) is 0.100. The van der Waals surface area contributed by atoms with Crippen molar-refractivity contribution in [3.63, 3.8) is 0 Å². The van der Waals surface area contributed by atoms with E-state index in [4.69, 9.17) is 15.7 Å². The molecule has 0 spiro atoms. The van der Waals surface area contributed by atoms with Crippen LogP contribution < -0.4 is 10.5 Å². The molecular weight excluding hydrogens is 206 g/mol. The van der Waals surface area contributed by atoms with Crippen molar-refractivity contribution >= 4 is 5.69 Å². The third-order valence-electron chi connectivity index (χ3n) is 1.91. The molecule has 0 aliphatic carbocycles. The summed E-state index contributed by atoms with van der Waals surface area (Å²) in [6, 6.07) is 5.07. The molecule has 6 heteroatoms. The Bertz CT molecular complexity index is 555. The van der Waals surface area contributed by atoms with Gasteiger partial charge in [-0.05, 0) is 6.07 Å². The van der Waals surface area contributed by atoms with Crippen molar-refractivity contribution in [2.45, 2.75) is 0 Å². The lowest BCUT2D eigenvalue weighted by Gasteiger charge is -2.02. The molecule has 0 aromatic carbocycles. The molecule has 2 aromatic heterocycles. The minimum Gasteiger partial charge on any atom is -0.436 e. The van der Waals surface area contributed by atoms with Crippen molar-refractivity contribution in [2.24, 2.45) is 7.05 Å². The summed E-state index contributed by atoms with van der Waals surface area (Å²) in [5.41, 5.74) is 6.03. The molecule has 0 aliphatic heterocycles. The van der Waals surface area contributed by atoms with Gasteiger partial charge in [0.1, 0.15) is 6.07 Å².